The van der Waals surface area contributed by atoms with Crippen molar-refractivity contribution in [3.05, 3.63) is 199 Å². The standard InChI is InChI=1S/C47H39N3O/c1-34-8-12-36(13-9-34)32-49-28-24-40(25-29-49)38-16-20-43(21-17-38)46-45(42-6-4-3-5-7-42)47(51-48-46)44-22-18-39(19-23-44)41-26-30-50(31-27-41)33-37-14-10-35(2)11-15-37/h3-31H,32-33H2,1-2H3/q+2. The predicted molar refractivity (Wildman–Crippen MR) is 205 cm³/mol. The lowest BCUT2D eigenvalue weighted by atomic mass is 9.94. The second kappa shape index (κ2) is 14.2. The highest BCUT2D eigenvalue weighted by molar-refractivity contribution is 5.91. The van der Waals surface area contributed by atoms with Gasteiger partial charge in [0.25, 0.3) is 0 Å². The van der Waals surface area contributed by atoms with E-state index < -0.39 is 0 Å². The van der Waals surface area contributed by atoms with Crippen molar-refractivity contribution in [1.29, 1.82) is 0 Å². The van der Waals surface area contributed by atoms with Crippen molar-refractivity contribution in [3.8, 4) is 56.0 Å². The summed E-state index contributed by atoms with van der Waals surface area (Å²) in [5, 5.41) is 4.65. The van der Waals surface area contributed by atoms with Crippen LogP contribution in [0.3, 0.4) is 0 Å². The van der Waals surface area contributed by atoms with E-state index in [1.165, 1.54) is 33.4 Å². The number of rotatable bonds is 9. The highest BCUT2D eigenvalue weighted by Gasteiger charge is 2.21. The Morgan fingerprint density at radius 3 is 1.29 bits per heavy atom. The van der Waals surface area contributed by atoms with Crippen LogP contribution in [-0.4, -0.2) is 5.16 Å². The topological polar surface area (TPSA) is 33.8 Å². The van der Waals surface area contributed by atoms with Crippen LogP contribution in [0.25, 0.3) is 56.0 Å². The van der Waals surface area contributed by atoms with Gasteiger partial charge in [0, 0.05) is 46.5 Å². The molecule has 4 nitrogen and oxygen atoms in total. The van der Waals surface area contributed by atoms with E-state index in [-0.39, 0.29) is 0 Å². The molecule has 0 fully saturated rings. The summed E-state index contributed by atoms with van der Waals surface area (Å²) in [7, 11) is 0. The van der Waals surface area contributed by atoms with Gasteiger partial charge >= 0.3 is 0 Å². The van der Waals surface area contributed by atoms with Crippen LogP contribution in [0.2, 0.25) is 0 Å². The van der Waals surface area contributed by atoms with Crippen molar-refractivity contribution in [1.82, 2.24) is 5.16 Å². The van der Waals surface area contributed by atoms with Gasteiger partial charge in [-0.15, -0.1) is 0 Å². The van der Waals surface area contributed by atoms with Crippen LogP contribution in [0.15, 0.2) is 181 Å². The van der Waals surface area contributed by atoms with Crippen molar-refractivity contribution in [2.75, 3.05) is 0 Å². The van der Waals surface area contributed by atoms with E-state index in [0.29, 0.717) is 0 Å². The van der Waals surface area contributed by atoms with E-state index in [1.807, 2.05) is 6.07 Å². The molecule has 0 saturated heterocycles. The van der Waals surface area contributed by atoms with Gasteiger partial charge in [0.15, 0.2) is 43.6 Å². The van der Waals surface area contributed by atoms with E-state index in [9.17, 15) is 0 Å². The molecule has 0 unspecified atom stereocenters. The molecule has 0 aliphatic rings. The number of nitrogens with zero attached hydrogens (tertiary/aromatic N) is 3. The van der Waals surface area contributed by atoms with Crippen molar-refractivity contribution >= 4 is 0 Å². The molecule has 0 amide bonds. The first-order valence-corrected chi connectivity index (χ1v) is 17.4. The lowest BCUT2D eigenvalue weighted by molar-refractivity contribution is -0.688. The number of aromatic nitrogens is 3. The van der Waals surface area contributed by atoms with E-state index >= 15 is 0 Å². The molecule has 51 heavy (non-hydrogen) atoms. The summed E-state index contributed by atoms with van der Waals surface area (Å²) in [6.07, 6.45) is 8.58. The lowest BCUT2D eigenvalue weighted by Gasteiger charge is -2.07. The maximum atomic E-state index is 6.14. The van der Waals surface area contributed by atoms with Crippen LogP contribution in [0.4, 0.5) is 0 Å². The molecule has 0 aliphatic heterocycles. The number of benzene rings is 5. The van der Waals surface area contributed by atoms with Crippen LogP contribution >= 0.6 is 0 Å². The average molecular weight is 662 g/mol. The van der Waals surface area contributed by atoms with Gasteiger partial charge in [0.1, 0.15) is 5.69 Å². The summed E-state index contributed by atoms with van der Waals surface area (Å²) in [4.78, 5) is 0. The normalized spacial score (nSPS) is 11.1. The Hall–Kier alpha value is -6.39. The van der Waals surface area contributed by atoms with E-state index in [1.54, 1.807) is 0 Å². The molecule has 0 spiro atoms. The molecular weight excluding hydrogens is 623 g/mol. The molecule has 4 heteroatoms. The Morgan fingerprint density at radius 2 is 0.824 bits per heavy atom. The van der Waals surface area contributed by atoms with Crippen LogP contribution in [-0.2, 0) is 13.1 Å². The van der Waals surface area contributed by atoms with Gasteiger partial charge in [-0.05, 0) is 41.7 Å². The Kier molecular flexibility index (Phi) is 8.88. The van der Waals surface area contributed by atoms with E-state index in [4.69, 9.17) is 4.52 Å². The number of pyridine rings is 2. The molecule has 0 atom stereocenters. The molecule has 3 aromatic heterocycles. The third kappa shape index (κ3) is 7.17. The third-order valence-electron chi connectivity index (χ3n) is 9.48. The summed E-state index contributed by atoms with van der Waals surface area (Å²) in [5.74, 6) is 0.761. The van der Waals surface area contributed by atoms with Gasteiger partial charge in [0.2, 0.25) is 0 Å². The van der Waals surface area contributed by atoms with Gasteiger partial charge in [-0.2, -0.15) is 0 Å². The molecule has 246 valence electrons. The summed E-state index contributed by atoms with van der Waals surface area (Å²) in [6.45, 7) is 5.93. The average Bonchev–Trinajstić information content (AvgIpc) is 3.63. The van der Waals surface area contributed by atoms with Crippen LogP contribution in [0, 0.1) is 13.8 Å². The molecule has 0 bridgehead atoms. The van der Waals surface area contributed by atoms with Gasteiger partial charge in [0.05, 0.1) is 5.56 Å². The van der Waals surface area contributed by atoms with Crippen LogP contribution < -0.4 is 9.13 Å². The molecule has 8 aromatic rings. The summed E-state index contributed by atoms with van der Waals surface area (Å²) >= 11 is 0. The van der Waals surface area contributed by atoms with E-state index in [2.05, 4.69) is 199 Å². The fourth-order valence-electron chi connectivity index (χ4n) is 6.51. The Balaban J connectivity index is 1.03. The predicted octanol–water partition coefficient (Wildman–Crippen LogP) is 10.3. The molecule has 0 saturated carbocycles. The monoisotopic (exact) mass is 661 g/mol. The SMILES string of the molecule is Cc1ccc(C[n+]2ccc(-c3ccc(-c4noc(-c5ccc(-c6cc[n+](Cc7ccc(C)cc7)cc6)cc5)c4-c4ccccc4)cc3)cc2)cc1. The zero-order chi connectivity index (χ0) is 34.6. The minimum Gasteiger partial charge on any atom is -0.355 e. The van der Waals surface area contributed by atoms with Gasteiger partial charge in [-0.3, -0.25) is 0 Å². The van der Waals surface area contributed by atoms with Crippen LogP contribution in [0.1, 0.15) is 22.3 Å². The Bertz CT molecular complexity index is 2210. The van der Waals surface area contributed by atoms with Crippen molar-refractivity contribution in [2.45, 2.75) is 26.9 Å². The molecule has 3 heterocycles. The lowest BCUT2D eigenvalue weighted by Crippen LogP contribution is -2.32. The smallest absolute Gasteiger partial charge is 0.175 e. The first-order valence-electron chi connectivity index (χ1n) is 17.4. The molecule has 0 radical (unpaired) electrons. The highest BCUT2D eigenvalue weighted by Crippen LogP contribution is 2.40. The fraction of sp³-hybridized carbons (Fsp3) is 0.0851. The first kappa shape index (κ1) is 31.9. The number of aryl methyl sites for hydroxylation is 2. The second-order valence-corrected chi connectivity index (χ2v) is 13.2. The highest BCUT2D eigenvalue weighted by atomic mass is 16.5. The minimum absolute atomic E-state index is 0.761. The molecule has 0 aliphatic carbocycles. The molecular formula is C47H39N3O+2. The first-order chi connectivity index (χ1) is 25.1. The summed E-state index contributed by atoms with van der Waals surface area (Å²) < 4.78 is 10.6. The van der Waals surface area contributed by atoms with Gasteiger partial charge < -0.3 is 4.52 Å². The summed E-state index contributed by atoms with van der Waals surface area (Å²) in [6, 6.07) is 53.7. The van der Waals surface area contributed by atoms with Crippen molar-refractivity contribution in [3.63, 3.8) is 0 Å². The second-order valence-electron chi connectivity index (χ2n) is 13.2. The van der Waals surface area contributed by atoms with E-state index in [0.717, 1.165) is 57.9 Å². The Labute approximate surface area is 299 Å². The quantitative estimate of drug-likeness (QED) is 0.144. The van der Waals surface area contributed by atoms with Gasteiger partial charge in [-0.1, -0.05) is 144 Å². The Morgan fingerprint density at radius 1 is 0.412 bits per heavy atom. The molecule has 5 aromatic carbocycles. The largest absolute Gasteiger partial charge is 0.355 e. The fourth-order valence-corrected chi connectivity index (χ4v) is 6.51. The number of hydrogen-bond acceptors (Lipinski definition) is 2. The summed E-state index contributed by atoms with van der Waals surface area (Å²) in [5.41, 5.74) is 14.7. The maximum Gasteiger partial charge on any atom is 0.175 e. The van der Waals surface area contributed by atoms with Crippen LogP contribution in [0.5, 0.6) is 0 Å². The van der Waals surface area contributed by atoms with Gasteiger partial charge in [-0.25, -0.2) is 9.13 Å². The number of hydrogen-bond donors (Lipinski definition) is 0. The zero-order valence-corrected chi connectivity index (χ0v) is 28.9. The zero-order valence-electron chi connectivity index (χ0n) is 28.9. The minimum atomic E-state index is 0.761. The van der Waals surface area contributed by atoms with Crippen molar-refractivity contribution < 1.29 is 13.7 Å². The molecule has 0 N–H and O–H groups in total. The van der Waals surface area contributed by atoms with Crippen molar-refractivity contribution in [2.24, 2.45) is 0 Å². The maximum absolute atomic E-state index is 6.14. The third-order valence-corrected chi connectivity index (χ3v) is 9.48. The molecule has 8 rings (SSSR count).